The van der Waals surface area contributed by atoms with Crippen LogP contribution in [-0.4, -0.2) is 55.9 Å². The van der Waals surface area contributed by atoms with Gasteiger partial charge in [-0.15, -0.1) is 24.0 Å². The Labute approximate surface area is 150 Å². The van der Waals surface area contributed by atoms with Crippen molar-refractivity contribution in [1.82, 2.24) is 15.1 Å². The highest BCUT2D eigenvalue weighted by atomic mass is 127. The van der Waals surface area contributed by atoms with Gasteiger partial charge in [0.2, 0.25) is 5.91 Å². The summed E-state index contributed by atoms with van der Waals surface area (Å²) in [6, 6.07) is 10.2. The number of hydrogen-bond acceptors (Lipinski definition) is 2. The molecule has 22 heavy (non-hydrogen) atoms. The molecule has 0 bridgehead atoms. The molecule has 0 unspecified atom stereocenters. The van der Waals surface area contributed by atoms with E-state index in [4.69, 9.17) is 0 Å². The Morgan fingerprint density at radius 1 is 1.18 bits per heavy atom. The van der Waals surface area contributed by atoms with Crippen LogP contribution in [0.1, 0.15) is 18.9 Å². The Bertz CT molecular complexity index is 462. The summed E-state index contributed by atoms with van der Waals surface area (Å²) in [6.45, 7) is 3.87. The van der Waals surface area contributed by atoms with Crippen LogP contribution in [-0.2, 0) is 11.3 Å². The van der Waals surface area contributed by atoms with Crippen LogP contribution in [0.2, 0.25) is 0 Å². The third kappa shape index (κ3) is 7.63. The molecule has 0 aliphatic heterocycles. The van der Waals surface area contributed by atoms with E-state index in [0.29, 0.717) is 0 Å². The largest absolute Gasteiger partial charge is 0.356 e. The summed E-state index contributed by atoms with van der Waals surface area (Å²) in [7, 11) is 5.46. The standard InChI is InChI=1S/C16H26N4O.HI/c1-5-11-17-16(18-12-15(21)19(2)3)20(4)13-14-9-7-6-8-10-14;/h6-10H,5,11-13H2,1-4H3,(H,17,18);1H. The quantitative estimate of drug-likeness (QED) is 0.438. The van der Waals surface area contributed by atoms with E-state index in [1.807, 2.05) is 30.1 Å². The summed E-state index contributed by atoms with van der Waals surface area (Å²) in [5.41, 5.74) is 1.21. The lowest BCUT2D eigenvalue weighted by molar-refractivity contribution is -0.127. The predicted octanol–water partition coefficient (Wildman–Crippen LogP) is 2.18. The molecule has 1 aromatic rings. The molecule has 0 aromatic heterocycles. The Hall–Kier alpha value is -1.31. The fourth-order valence-corrected chi connectivity index (χ4v) is 1.76. The fourth-order valence-electron chi connectivity index (χ4n) is 1.76. The second-order valence-corrected chi connectivity index (χ2v) is 5.20. The SMILES string of the molecule is CCCNC(=NCC(=O)N(C)C)N(C)Cc1ccccc1.I. The first kappa shape index (κ1) is 20.7. The molecule has 1 amide bonds. The summed E-state index contributed by atoms with van der Waals surface area (Å²) in [4.78, 5) is 19.7. The second kappa shape index (κ2) is 11.3. The monoisotopic (exact) mass is 418 g/mol. The Morgan fingerprint density at radius 2 is 1.82 bits per heavy atom. The van der Waals surface area contributed by atoms with E-state index in [2.05, 4.69) is 29.4 Å². The van der Waals surface area contributed by atoms with Gasteiger partial charge in [-0.1, -0.05) is 37.3 Å². The molecule has 0 heterocycles. The lowest BCUT2D eigenvalue weighted by Crippen LogP contribution is -2.39. The van der Waals surface area contributed by atoms with E-state index in [9.17, 15) is 4.79 Å². The molecule has 0 atom stereocenters. The van der Waals surface area contributed by atoms with Crippen LogP contribution in [0.15, 0.2) is 35.3 Å². The molecule has 1 N–H and O–H groups in total. The van der Waals surface area contributed by atoms with Gasteiger partial charge in [0, 0.05) is 34.2 Å². The normalized spacial score (nSPS) is 10.6. The number of guanidine groups is 1. The molecule has 5 nitrogen and oxygen atoms in total. The number of rotatable bonds is 6. The third-order valence-corrected chi connectivity index (χ3v) is 3.02. The van der Waals surface area contributed by atoms with Gasteiger partial charge in [0.15, 0.2) is 5.96 Å². The summed E-state index contributed by atoms with van der Waals surface area (Å²) >= 11 is 0. The number of hydrogen-bond donors (Lipinski definition) is 1. The van der Waals surface area contributed by atoms with Crippen molar-refractivity contribution in [3.8, 4) is 0 Å². The van der Waals surface area contributed by atoms with Crippen molar-refractivity contribution >= 4 is 35.8 Å². The van der Waals surface area contributed by atoms with Gasteiger partial charge in [0.05, 0.1) is 0 Å². The molecular formula is C16H27IN4O. The molecule has 124 valence electrons. The summed E-state index contributed by atoms with van der Waals surface area (Å²) in [5, 5.41) is 3.29. The Balaban J connectivity index is 0.00000441. The van der Waals surface area contributed by atoms with Crippen molar-refractivity contribution in [2.24, 2.45) is 4.99 Å². The molecule has 1 rings (SSSR count). The predicted molar refractivity (Wildman–Crippen MR) is 103 cm³/mol. The number of halogens is 1. The van der Waals surface area contributed by atoms with Crippen molar-refractivity contribution in [3.63, 3.8) is 0 Å². The van der Waals surface area contributed by atoms with E-state index in [1.165, 1.54) is 5.56 Å². The van der Waals surface area contributed by atoms with Crippen molar-refractivity contribution in [1.29, 1.82) is 0 Å². The fraction of sp³-hybridized carbons (Fsp3) is 0.500. The number of likely N-dealkylation sites (N-methyl/N-ethyl adjacent to an activating group) is 1. The lowest BCUT2D eigenvalue weighted by Gasteiger charge is -2.22. The summed E-state index contributed by atoms with van der Waals surface area (Å²) in [5.74, 6) is 0.759. The molecule has 1 aromatic carbocycles. The van der Waals surface area contributed by atoms with Crippen LogP contribution in [0.4, 0.5) is 0 Å². The zero-order valence-electron chi connectivity index (χ0n) is 13.9. The van der Waals surface area contributed by atoms with Gasteiger partial charge in [-0.2, -0.15) is 0 Å². The average molecular weight is 418 g/mol. The highest BCUT2D eigenvalue weighted by Crippen LogP contribution is 2.03. The zero-order chi connectivity index (χ0) is 15.7. The van der Waals surface area contributed by atoms with Crippen molar-refractivity contribution < 1.29 is 4.79 Å². The molecule has 0 aliphatic rings. The number of aliphatic imine (C=N–C) groups is 1. The van der Waals surface area contributed by atoms with Gasteiger partial charge < -0.3 is 15.1 Å². The van der Waals surface area contributed by atoms with Crippen molar-refractivity contribution in [2.75, 3.05) is 34.2 Å². The molecule has 0 saturated heterocycles. The van der Waals surface area contributed by atoms with E-state index < -0.39 is 0 Å². The van der Waals surface area contributed by atoms with Crippen LogP contribution >= 0.6 is 24.0 Å². The Kier molecular flexibility index (Phi) is 10.6. The second-order valence-electron chi connectivity index (χ2n) is 5.20. The highest BCUT2D eigenvalue weighted by Gasteiger charge is 2.09. The van der Waals surface area contributed by atoms with Gasteiger partial charge in [-0.25, -0.2) is 4.99 Å². The van der Waals surface area contributed by atoms with Gasteiger partial charge in [0.25, 0.3) is 0 Å². The van der Waals surface area contributed by atoms with Crippen molar-refractivity contribution in [3.05, 3.63) is 35.9 Å². The number of carbonyl (C=O) groups excluding carboxylic acids is 1. The first-order valence-corrected chi connectivity index (χ1v) is 7.28. The van der Waals surface area contributed by atoms with Gasteiger partial charge in [-0.3, -0.25) is 4.79 Å². The van der Waals surface area contributed by atoms with Crippen LogP contribution in [0.5, 0.6) is 0 Å². The van der Waals surface area contributed by atoms with E-state index >= 15 is 0 Å². The number of amides is 1. The average Bonchev–Trinajstić information content (AvgIpc) is 2.47. The summed E-state index contributed by atoms with van der Waals surface area (Å²) in [6.07, 6.45) is 1.01. The van der Waals surface area contributed by atoms with Gasteiger partial charge >= 0.3 is 0 Å². The van der Waals surface area contributed by atoms with E-state index in [1.54, 1.807) is 19.0 Å². The van der Waals surface area contributed by atoms with Crippen molar-refractivity contribution in [2.45, 2.75) is 19.9 Å². The highest BCUT2D eigenvalue weighted by molar-refractivity contribution is 14.0. The minimum absolute atomic E-state index is 0. The van der Waals surface area contributed by atoms with E-state index in [-0.39, 0.29) is 36.4 Å². The molecule has 0 radical (unpaired) electrons. The number of nitrogens with zero attached hydrogens (tertiary/aromatic N) is 3. The van der Waals surface area contributed by atoms with Crippen LogP contribution in [0.25, 0.3) is 0 Å². The molecule has 0 saturated carbocycles. The number of benzene rings is 1. The zero-order valence-corrected chi connectivity index (χ0v) is 16.2. The first-order valence-electron chi connectivity index (χ1n) is 7.28. The summed E-state index contributed by atoms with van der Waals surface area (Å²) < 4.78 is 0. The maximum absolute atomic E-state index is 11.7. The molecule has 6 heteroatoms. The topological polar surface area (TPSA) is 47.9 Å². The lowest BCUT2D eigenvalue weighted by atomic mass is 10.2. The van der Waals surface area contributed by atoms with Crippen LogP contribution in [0, 0.1) is 0 Å². The minimum atomic E-state index is -0.00101. The maximum Gasteiger partial charge on any atom is 0.243 e. The third-order valence-electron chi connectivity index (χ3n) is 3.02. The van der Waals surface area contributed by atoms with Gasteiger partial charge in [-0.05, 0) is 12.0 Å². The minimum Gasteiger partial charge on any atom is -0.356 e. The molecule has 0 fully saturated rings. The first-order chi connectivity index (χ1) is 10.0. The number of carbonyl (C=O) groups is 1. The molecule has 0 spiro atoms. The maximum atomic E-state index is 11.7. The number of nitrogens with one attached hydrogen (secondary N) is 1. The molecule has 0 aliphatic carbocycles. The Morgan fingerprint density at radius 3 is 2.36 bits per heavy atom. The van der Waals surface area contributed by atoms with Crippen LogP contribution in [0.3, 0.4) is 0 Å². The smallest absolute Gasteiger partial charge is 0.243 e. The van der Waals surface area contributed by atoms with E-state index in [0.717, 1.165) is 25.5 Å². The molecular weight excluding hydrogens is 391 g/mol. The van der Waals surface area contributed by atoms with Crippen LogP contribution < -0.4 is 5.32 Å². The van der Waals surface area contributed by atoms with Gasteiger partial charge in [0.1, 0.15) is 6.54 Å².